The standard InChI is InChI=1S/C32H28F5N7O3S/c1-2-23(45)43-9-6-17(14-43)47-29-25-22(40-30(42-29)46-15-31-7-3-8-44(31)13-16(33)11-31)10-19(27(41-25)32(35,36)37)18-4-5-21(34)26-24(18)20(12-38)28(39)48-26/h2,4-5,10,16-17H,1,3,6-9,11,13-15,39H2/t16-,17-,31+/m1/s1. The average Bonchev–Trinajstić information content (AvgIpc) is 3.81. The van der Waals surface area contributed by atoms with Crippen LogP contribution >= 0.6 is 11.3 Å². The summed E-state index contributed by atoms with van der Waals surface area (Å²) in [6, 6.07) is 4.94. The van der Waals surface area contributed by atoms with Gasteiger partial charge in [0.2, 0.25) is 11.8 Å². The largest absolute Gasteiger partial charge is 0.471 e. The van der Waals surface area contributed by atoms with E-state index in [1.807, 2.05) is 11.0 Å². The molecule has 0 radical (unpaired) electrons. The molecule has 3 saturated heterocycles. The number of rotatable bonds is 7. The van der Waals surface area contributed by atoms with Gasteiger partial charge in [0, 0.05) is 36.9 Å². The summed E-state index contributed by atoms with van der Waals surface area (Å²) >= 11 is 0.756. The van der Waals surface area contributed by atoms with Gasteiger partial charge in [-0.25, -0.2) is 13.8 Å². The van der Waals surface area contributed by atoms with Crippen LogP contribution in [0.5, 0.6) is 11.9 Å². The summed E-state index contributed by atoms with van der Waals surface area (Å²) in [5.74, 6) is -1.35. The molecule has 7 rings (SSSR count). The molecule has 3 fully saturated rings. The molecule has 4 aromatic rings. The first-order valence-electron chi connectivity index (χ1n) is 15.2. The lowest BCUT2D eigenvalue weighted by molar-refractivity contribution is -0.140. The lowest BCUT2D eigenvalue weighted by Crippen LogP contribution is -2.43. The molecule has 250 valence electrons. The number of nitrogen functional groups attached to an aromatic ring is 1. The van der Waals surface area contributed by atoms with Gasteiger partial charge in [-0.1, -0.05) is 12.6 Å². The number of thiophene rings is 1. The molecule has 16 heteroatoms. The summed E-state index contributed by atoms with van der Waals surface area (Å²) in [5, 5.41) is 9.66. The molecule has 3 aromatic heterocycles. The molecule has 0 bridgehead atoms. The Labute approximate surface area is 274 Å². The molecule has 1 aromatic carbocycles. The SMILES string of the molecule is C=CC(=O)N1CC[C@@H](Oc2nc(OC[C@@]34CCCN3C[C@H](F)C4)nc3cc(-c4ccc(F)c5sc(N)c(C#N)c45)c(C(F)(F)F)nc23)C1. The second-order valence-corrected chi connectivity index (χ2v) is 13.2. The Kier molecular flexibility index (Phi) is 7.86. The van der Waals surface area contributed by atoms with Gasteiger partial charge in [0.05, 0.1) is 22.3 Å². The van der Waals surface area contributed by atoms with E-state index < -0.39 is 41.1 Å². The number of nitrogens with two attached hydrogens (primary N) is 1. The van der Waals surface area contributed by atoms with E-state index in [0.29, 0.717) is 19.4 Å². The number of nitrogens with zero attached hydrogens (tertiary/aromatic N) is 6. The van der Waals surface area contributed by atoms with Gasteiger partial charge in [0.25, 0.3) is 0 Å². The van der Waals surface area contributed by atoms with Gasteiger partial charge in [-0.05, 0) is 43.2 Å². The van der Waals surface area contributed by atoms with Gasteiger partial charge < -0.3 is 20.1 Å². The van der Waals surface area contributed by atoms with Gasteiger partial charge in [0.1, 0.15) is 41.3 Å². The number of fused-ring (bicyclic) bond motifs is 3. The van der Waals surface area contributed by atoms with Crippen LogP contribution in [0, 0.1) is 17.1 Å². The molecule has 1 amide bonds. The van der Waals surface area contributed by atoms with Crippen molar-refractivity contribution in [3.63, 3.8) is 0 Å². The highest BCUT2D eigenvalue weighted by Gasteiger charge is 2.49. The van der Waals surface area contributed by atoms with E-state index in [0.717, 1.165) is 48.6 Å². The van der Waals surface area contributed by atoms with Crippen LogP contribution in [-0.4, -0.2) is 81.3 Å². The second-order valence-electron chi connectivity index (χ2n) is 12.2. The normalized spacial score (nSPS) is 22.7. The number of alkyl halides is 4. The highest BCUT2D eigenvalue weighted by Crippen LogP contribution is 2.46. The number of carbonyl (C=O) groups excluding carboxylic acids is 1. The highest BCUT2D eigenvalue weighted by molar-refractivity contribution is 7.23. The number of nitriles is 1. The number of ether oxygens (including phenoxy) is 2. The van der Waals surface area contributed by atoms with Crippen molar-refractivity contribution >= 4 is 43.4 Å². The maximum atomic E-state index is 14.8. The van der Waals surface area contributed by atoms with E-state index in [1.54, 1.807) is 0 Å². The van der Waals surface area contributed by atoms with Crippen molar-refractivity contribution in [2.45, 2.75) is 49.7 Å². The van der Waals surface area contributed by atoms with Crippen LogP contribution < -0.4 is 15.2 Å². The minimum Gasteiger partial charge on any atom is -0.471 e. The molecular weight excluding hydrogens is 657 g/mol. The molecular formula is C32H28F5N7O3S. The summed E-state index contributed by atoms with van der Waals surface area (Å²) in [6.07, 6.45) is -3.30. The first kappa shape index (κ1) is 32.0. The smallest absolute Gasteiger partial charge is 0.433 e. The number of anilines is 1. The molecule has 3 aliphatic rings. The van der Waals surface area contributed by atoms with Crippen LogP contribution in [0.2, 0.25) is 0 Å². The van der Waals surface area contributed by atoms with Gasteiger partial charge in [-0.2, -0.15) is 28.4 Å². The monoisotopic (exact) mass is 685 g/mol. The van der Waals surface area contributed by atoms with E-state index in [2.05, 4.69) is 21.5 Å². The van der Waals surface area contributed by atoms with E-state index in [1.165, 1.54) is 4.90 Å². The minimum atomic E-state index is -5.01. The third-order valence-electron chi connectivity index (χ3n) is 9.25. The predicted octanol–water partition coefficient (Wildman–Crippen LogP) is 5.64. The topological polar surface area (TPSA) is 130 Å². The number of halogens is 5. The van der Waals surface area contributed by atoms with E-state index in [4.69, 9.17) is 15.2 Å². The molecule has 48 heavy (non-hydrogen) atoms. The van der Waals surface area contributed by atoms with Gasteiger partial charge in [-0.15, -0.1) is 11.3 Å². The highest BCUT2D eigenvalue weighted by atomic mass is 32.1. The van der Waals surface area contributed by atoms with Crippen molar-refractivity contribution in [1.29, 1.82) is 5.26 Å². The Morgan fingerprint density at radius 3 is 2.79 bits per heavy atom. The average molecular weight is 686 g/mol. The van der Waals surface area contributed by atoms with Crippen molar-refractivity contribution in [3.05, 3.63) is 47.9 Å². The Hall–Kier alpha value is -4.62. The quantitative estimate of drug-likeness (QED) is 0.194. The maximum Gasteiger partial charge on any atom is 0.433 e. The molecule has 10 nitrogen and oxygen atoms in total. The Bertz CT molecular complexity index is 2010. The van der Waals surface area contributed by atoms with Gasteiger partial charge in [0.15, 0.2) is 11.2 Å². The molecule has 0 spiro atoms. The minimum absolute atomic E-state index is 0.0434. The summed E-state index contributed by atoms with van der Waals surface area (Å²) in [4.78, 5) is 28.4. The first-order chi connectivity index (χ1) is 22.9. The Morgan fingerprint density at radius 1 is 1.23 bits per heavy atom. The van der Waals surface area contributed by atoms with Crippen molar-refractivity contribution < 1.29 is 36.2 Å². The summed E-state index contributed by atoms with van der Waals surface area (Å²) < 4.78 is 85.6. The molecule has 2 N–H and O–H groups in total. The number of hydrogen-bond donors (Lipinski definition) is 1. The first-order valence-corrected chi connectivity index (χ1v) is 16.0. The van der Waals surface area contributed by atoms with E-state index >= 15 is 0 Å². The fourth-order valence-electron chi connectivity index (χ4n) is 7.07. The fourth-order valence-corrected chi connectivity index (χ4v) is 8.01. The molecule has 3 atom stereocenters. The summed E-state index contributed by atoms with van der Waals surface area (Å²) in [6.45, 7) is 5.01. The Morgan fingerprint density at radius 2 is 2.04 bits per heavy atom. The number of carbonyl (C=O) groups is 1. The molecule has 0 unspecified atom stereocenters. The van der Waals surface area contributed by atoms with Crippen molar-refractivity contribution in [1.82, 2.24) is 24.8 Å². The Balaban J connectivity index is 1.37. The zero-order valence-corrected chi connectivity index (χ0v) is 26.1. The fraction of sp³-hybridized carbons (Fsp3) is 0.406. The van der Waals surface area contributed by atoms with Crippen molar-refractivity contribution in [2.75, 3.05) is 38.5 Å². The predicted molar refractivity (Wildman–Crippen MR) is 167 cm³/mol. The lowest BCUT2D eigenvalue weighted by Gasteiger charge is -2.30. The zero-order chi connectivity index (χ0) is 34.0. The van der Waals surface area contributed by atoms with Gasteiger partial charge >= 0.3 is 12.2 Å². The maximum absolute atomic E-state index is 14.8. The van der Waals surface area contributed by atoms with E-state index in [-0.39, 0.29) is 81.2 Å². The van der Waals surface area contributed by atoms with E-state index in [9.17, 15) is 32.0 Å². The van der Waals surface area contributed by atoms with Crippen LogP contribution in [0.1, 0.15) is 36.9 Å². The zero-order valence-electron chi connectivity index (χ0n) is 25.3. The number of hydrogen-bond acceptors (Lipinski definition) is 10. The van der Waals surface area contributed by atoms with Crippen LogP contribution in [0.4, 0.5) is 27.0 Å². The summed E-state index contributed by atoms with van der Waals surface area (Å²) in [7, 11) is 0. The van der Waals surface area contributed by atoms with Crippen molar-refractivity contribution in [3.8, 4) is 29.1 Å². The van der Waals surface area contributed by atoms with Crippen LogP contribution in [0.25, 0.3) is 32.2 Å². The number of benzene rings is 1. The third kappa shape index (κ3) is 5.44. The molecule has 0 aliphatic carbocycles. The lowest BCUT2D eigenvalue weighted by atomic mass is 9.95. The van der Waals surface area contributed by atoms with Crippen molar-refractivity contribution in [2.24, 2.45) is 0 Å². The summed E-state index contributed by atoms with van der Waals surface area (Å²) in [5.41, 5.74) is 2.92. The van der Waals surface area contributed by atoms with Crippen LogP contribution in [0.15, 0.2) is 30.9 Å². The third-order valence-corrected chi connectivity index (χ3v) is 10.3. The number of likely N-dealkylation sites (tertiary alicyclic amines) is 1. The number of pyridine rings is 1. The molecule has 0 saturated carbocycles. The van der Waals surface area contributed by atoms with Gasteiger partial charge in [-0.3, -0.25) is 9.69 Å². The van der Waals surface area contributed by atoms with Crippen LogP contribution in [-0.2, 0) is 11.0 Å². The second kappa shape index (κ2) is 11.8. The van der Waals surface area contributed by atoms with Crippen LogP contribution in [0.3, 0.4) is 0 Å². The molecule has 6 heterocycles. The number of aromatic nitrogens is 3. The molecule has 3 aliphatic heterocycles. The number of amides is 1.